The van der Waals surface area contributed by atoms with E-state index in [1.807, 2.05) is 11.8 Å². The van der Waals surface area contributed by atoms with Gasteiger partial charge in [0.15, 0.2) is 0 Å². The smallest absolute Gasteiger partial charge is 0.317 e. The van der Waals surface area contributed by atoms with Crippen molar-refractivity contribution >= 4 is 11.9 Å². The summed E-state index contributed by atoms with van der Waals surface area (Å²) in [5.74, 6) is 0.209. The largest absolute Gasteiger partial charge is 0.339 e. The summed E-state index contributed by atoms with van der Waals surface area (Å²) in [6, 6.07) is -0.0317. The third-order valence-electron chi connectivity index (χ3n) is 4.84. The van der Waals surface area contributed by atoms with Crippen LogP contribution in [0.3, 0.4) is 0 Å². The van der Waals surface area contributed by atoms with Crippen molar-refractivity contribution in [3.63, 3.8) is 0 Å². The molecule has 21 heavy (non-hydrogen) atoms. The molecule has 120 valence electrons. The molecule has 1 aliphatic heterocycles. The van der Waals surface area contributed by atoms with Crippen LogP contribution in [0.2, 0.25) is 0 Å². The number of rotatable bonds is 3. The van der Waals surface area contributed by atoms with Gasteiger partial charge in [-0.25, -0.2) is 4.79 Å². The molecule has 0 aromatic carbocycles. The van der Waals surface area contributed by atoms with E-state index in [2.05, 4.69) is 5.32 Å². The molecule has 1 aliphatic carbocycles. The molecular formula is C15H28N4O2. The Bertz CT molecular complexity index is 372. The summed E-state index contributed by atoms with van der Waals surface area (Å²) in [5, 5.41) is 2.80. The van der Waals surface area contributed by atoms with Crippen LogP contribution in [0.4, 0.5) is 4.79 Å². The summed E-state index contributed by atoms with van der Waals surface area (Å²) in [6.45, 7) is 5.45. The summed E-state index contributed by atoms with van der Waals surface area (Å²) >= 11 is 0. The van der Waals surface area contributed by atoms with Crippen LogP contribution in [-0.2, 0) is 4.79 Å². The molecule has 3 amide bonds. The molecule has 0 bridgehead atoms. The normalized spacial score (nSPS) is 22.0. The Morgan fingerprint density at radius 3 is 2.14 bits per heavy atom. The molecule has 0 aromatic rings. The van der Waals surface area contributed by atoms with Crippen LogP contribution in [0.25, 0.3) is 0 Å². The van der Waals surface area contributed by atoms with Gasteiger partial charge in [0.1, 0.15) is 0 Å². The van der Waals surface area contributed by atoms with Gasteiger partial charge in [0.25, 0.3) is 0 Å². The van der Waals surface area contributed by atoms with E-state index in [4.69, 9.17) is 5.73 Å². The minimum atomic E-state index is -0.341. The first-order valence-corrected chi connectivity index (χ1v) is 8.15. The monoisotopic (exact) mass is 296 g/mol. The van der Waals surface area contributed by atoms with Crippen LogP contribution in [0.15, 0.2) is 0 Å². The molecule has 2 fully saturated rings. The Kier molecular flexibility index (Phi) is 5.45. The number of hydrogen-bond donors (Lipinski definition) is 2. The van der Waals surface area contributed by atoms with E-state index < -0.39 is 0 Å². The maximum absolute atomic E-state index is 12.8. The van der Waals surface area contributed by atoms with Crippen LogP contribution < -0.4 is 11.1 Å². The van der Waals surface area contributed by atoms with Crippen molar-refractivity contribution in [3.05, 3.63) is 0 Å². The SMILES string of the molecule is CCNC(=O)N1CCN(C(=O)C2(CN)CCCCC2)CC1. The lowest BCUT2D eigenvalue weighted by molar-refractivity contribution is -0.145. The van der Waals surface area contributed by atoms with Gasteiger partial charge in [-0.05, 0) is 19.8 Å². The highest BCUT2D eigenvalue weighted by atomic mass is 16.2. The standard InChI is InChI=1S/C15H28N4O2/c1-2-17-14(21)19-10-8-18(9-11-19)13(20)15(12-16)6-4-3-5-7-15/h2-12,16H2,1H3,(H,17,21). The number of piperazine rings is 1. The topological polar surface area (TPSA) is 78.7 Å². The molecule has 0 unspecified atom stereocenters. The molecule has 2 rings (SSSR count). The highest BCUT2D eigenvalue weighted by Crippen LogP contribution is 2.37. The Hall–Kier alpha value is -1.30. The van der Waals surface area contributed by atoms with Gasteiger partial charge in [-0.2, -0.15) is 0 Å². The van der Waals surface area contributed by atoms with E-state index in [-0.39, 0.29) is 17.4 Å². The van der Waals surface area contributed by atoms with E-state index in [9.17, 15) is 9.59 Å². The van der Waals surface area contributed by atoms with Gasteiger partial charge in [-0.15, -0.1) is 0 Å². The fraction of sp³-hybridized carbons (Fsp3) is 0.867. The number of carbonyl (C=O) groups is 2. The molecule has 6 heteroatoms. The molecule has 1 saturated heterocycles. The predicted molar refractivity (Wildman–Crippen MR) is 81.8 cm³/mol. The zero-order valence-electron chi connectivity index (χ0n) is 13.1. The van der Waals surface area contributed by atoms with Gasteiger partial charge < -0.3 is 20.9 Å². The molecule has 1 heterocycles. The van der Waals surface area contributed by atoms with E-state index >= 15 is 0 Å². The molecule has 0 radical (unpaired) electrons. The van der Waals surface area contributed by atoms with Gasteiger partial charge in [0.2, 0.25) is 5.91 Å². The van der Waals surface area contributed by atoms with E-state index in [1.54, 1.807) is 4.90 Å². The van der Waals surface area contributed by atoms with Crippen molar-refractivity contribution in [1.29, 1.82) is 0 Å². The second kappa shape index (κ2) is 7.11. The van der Waals surface area contributed by atoms with Crippen molar-refractivity contribution in [2.45, 2.75) is 39.0 Å². The predicted octanol–water partition coefficient (Wildman–Crippen LogP) is 0.769. The van der Waals surface area contributed by atoms with E-state index in [1.165, 1.54) is 6.42 Å². The number of nitrogens with two attached hydrogens (primary N) is 1. The van der Waals surface area contributed by atoms with Gasteiger partial charge in [-0.3, -0.25) is 4.79 Å². The van der Waals surface area contributed by atoms with E-state index in [0.717, 1.165) is 25.7 Å². The van der Waals surface area contributed by atoms with Crippen molar-refractivity contribution in [1.82, 2.24) is 15.1 Å². The number of nitrogens with zero attached hydrogens (tertiary/aromatic N) is 2. The highest BCUT2D eigenvalue weighted by molar-refractivity contribution is 5.83. The number of urea groups is 1. The van der Waals surface area contributed by atoms with Gasteiger partial charge in [0.05, 0.1) is 5.41 Å². The zero-order valence-corrected chi connectivity index (χ0v) is 13.1. The van der Waals surface area contributed by atoms with Gasteiger partial charge in [0, 0.05) is 39.3 Å². The second-order valence-corrected chi connectivity index (χ2v) is 6.16. The summed E-state index contributed by atoms with van der Waals surface area (Å²) in [4.78, 5) is 28.3. The van der Waals surface area contributed by atoms with Crippen molar-refractivity contribution in [3.8, 4) is 0 Å². The van der Waals surface area contributed by atoms with Crippen LogP contribution in [0.1, 0.15) is 39.0 Å². The van der Waals surface area contributed by atoms with E-state index in [0.29, 0.717) is 39.3 Å². The Balaban J connectivity index is 1.91. The fourth-order valence-corrected chi connectivity index (χ4v) is 3.44. The molecule has 2 aliphatic rings. The van der Waals surface area contributed by atoms with Crippen LogP contribution in [-0.4, -0.2) is 61.0 Å². The molecule has 3 N–H and O–H groups in total. The average Bonchev–Trinajstić information content (AvgIpc) is 2.55. The van der Waals surface area contributed by atoms with Crippen LogP contribution in [0, 0.1) is 5.41 Å². The fourth-order valence-electron chi connectivity index (χ4n) is 3.44. The lowest BCUT2D eigenvalue weighted by Crippen LogP contribution is -2.57. The average molecular weight is 296 g/mol. The Labute approximate surface area is 127 Å². The van der Waals surface area contributed by atoms with Crippen molar-refractivity contribution < 1.29 is 9.59 Å². The molecule has 0 spiro atoms. The molecule has 6 nitrogen and oxygen atoms in total. The maximum Gasteiger partial charge on any atom is 0.317 e. The number of amides is 3. The number of hydrogen-bond acceptors (Lipinski definition) is 3. The lowest BCUT2D eigenvalue weighted by Gasteiger charge is -2.42. The second-order valence-electron chi connectivity index (χ2n) is 6.16. The lowest BCUT2D eigenvalue weighted by atomic mass is 9.73. The highest BCUT2D eigenvalue weighted by Gasteiger charge is 2.41. The minimum absolute atomic E-state index is 0.0317. The minimum Gasteiger partial charge on any atom is -0.339 e. The summed E-state index contributed by atoms with van der Waals surface area (Å²) < 4.78 is 0. The summed E-state index contributed by atoms with van der Waals surface area (Å²) in [7, 11) is 0. The van der Waals surface area contributed by atoms with Crippen LogP contribution >= 0.6 is 0 Å². The summed E-state index contributed by atoms with van der Waals surface area (Å²) in [5.41, 5.74) is 5.60. The number of carbonyl (C=O) groups excluding carboxylic acids is 2. The van der Waals surface area contributed by atoms with Crippen molar-refractivity contribution in [2.24, 2.45) is 11.1 Å². The first kappa shape index (κ1) is 16.1. The third-order valence-corrected chi connectivity index (χ3v) is 4.84. The quantitative estimate of drug-likeness (QED) is 0.807. The molecule has 0 aromatic heterocycles. The molecule has 0 atom stereocenters. The van der Waals surface area contributed by atoms with Crippen LogP contribution in [0.5, 0.6) is 0 Å². The number of nitrogens with one attached hydrogen (secondary N) is 1. The third kappa shape index (κ3) is 3.48. The first-order valence-electron chi connectivity index (χ1n) is 8.15. The Morgan fingerprint density at radius 1 is 1.05 bits per heavy atom. The van der Waals surface area contributed by atoms with Gasteiger partial charge in [-0.1, -0.05) is 19.3 Å². The maximum atomic E-state index is 12.8. The summed E-state index contributed by atoms with van der Waals surface area (Å²) in [6.07, 6.45) is 5.24. The van der Waals surface area contributed by atoms with Crippen molar-refractivity contribution in [2.75, 3.05) is 39.3 Å². The Morgan fingerprint density at radius 2 is 1.62 bits per heavy atom. The molecule has 1 saturated carbocycles. The van der Waals surface area contributed by atoms with Gasteiger partial charge >= 0.3 is 6.03 Å². The molecular weight excluding hydrogens is 268 g/mol. The first-order chi connectivity index (χ1) is 10.1. The zero-order chi connectivity index (χ0) is 15.3.